The summed E-state index contributed by atoms with van der Waals surface area (Å²) in [5.74, 6) is 5.59. The number of carbonyl (C=O) groups is 2. The van der Waals surface area contributed by atoms with Gasteiger partial charge in [-0.3, -0.25) is 9.59 Å². The van der Waals surface area contributed by atoms with Crippen molar-refractivity contribution >= 4 is 11.9 Å². The lowest BCUT2D eigenvalue weighted by molar-refractivity contribution is -0.140. The number of nitrogens with zero attached hydrogens (tertiary/aromatic N) is 1. The second-order valence-electron chi connectivity index (χ2n) is 5.94. The van der Waals surface area contributed by atoms with Crippen molar-refractivity contribution in [3.05, 3.63) is 12.2 Å². The topological polar surface area (TPSA) is 66.8 Å². The van der Waals surface area contributed by atoms with E-state index in [1.165, 1.54) is 7.11 Å². The minimum absolute atomic E-state index is 0.0608. The number of amides is 1. The SMILES string of the molecule is CCC#C[C@@H](O)C=C[C@H]1CCC(=O)N1CCCCCCC(=O)OC. The summed E-state index contributed by atoms with van der Waals surface area (Å²) in [7, 11) is 1.40. The minimum Gasteiger partial charge on any atom is -0.469 e. The minimum atomic E-state index is -0.763. The van der Waals surface area contributed by atoms with Crippen LogP contribution in [0.5, 0.6) is 0 Å². The number of ether oxygens (including phenoxy) is 1. The predicted molar refractivity (Wildman–Crippen MR) is 93.0 cm³/mol. The molecule has 1 saturated heterocycles. The second kappa shape index (κ2) is 11.7. The van der Waals surface area contributed by atoms with Crippen molar-refractivity contribution in [3.63, 3.8) is 0 Å². The Morgan fingerprint density at radius 3 is 2.88 bits per heavy atom. The molecule has 0 bridgehead atoms. The highest BCUT2D eigenvalue weighted by molar-refractivity contribution is 5.79. The molecule has 0 saturated carbocycles. The number of rotatable bonds is 9. The maximum atomic E-state index is 12.0. The Morgan fingerprint density at radius 2 is 2.17 bits per heavy atom. The third kappa shape index (κ3) is 7.65. The summed E-state index contributed by atoms with van der Waals surface area (Å²) >= 11 is 0. The van der Waals surface area contributed by atoms with Gasteiger partial charge in [-0.1, -0.05) is 31.8 Å². The third-order valence-electron chi connectivity index (χ3n) is 4.07. The maximum Gasteiger partial charge on any atom is 0.305 e. The van der Waals surface area contributed by atoms with E-state index in [1.807, 2.05) is 17.9 Å². The van der Waals surface area contributed by atoms with Gasteiger partial charge in [0.2, 0.25) is 5.91 Å². The van der Waals surface area contributed by atoms with Crippen molar-refractivity contribution in [2.45, 2.75) is 70.4 Å². The number of carbonyl (C=O) groups excluding carboxylic acids is 2. The van der Waals surface area contributed by atoms with Crippen molar-refractivity contribution in [1.29, 1.82) is 0 Å². The quantitative estimate of drug-likeness (QED) is 0.304. The van der Waals surface area contributed by atoms with Gasteiger partial charge in [-0.15, -0.1) is 5.92 Å². The van der Waals surface area contributed by atoms with Crippen molar-refractivity contribution in [2.24, 2.45) is 0 Å². The second-order valence-corrected chi connectivity index (χ2v) is 5.94. The summed E-state index contributed by atoms with van der Waals surface area (Å²) in [5, 5.41) is 9.73. The number of hydrogen-bond acceptors (Lipinski definition) is 4. The summed E-state index contributed by atoms with van der Waals surface area (Å²) in [6.07, 6.45) is 9.05. The van der Waals surface area contributed by atoms with Gasteiger partial charge < -0.3 is 14.7 Å². The van der Waals surface area contributed by atoms with Crippen LogP contribution in [0.2, 0.25) is 0 Å². The Labute approximate surface area is 145 Å². The fourth-order valence-electron chi connectivity index (χ4n) is 2.74. The molecule has 0 aliphatic carbocycles. The average molecular weight is 335 g/mol. The van der Waals surface area contributed by atoms with Crippen LogP contribution in [0.1, 0.15) is 58.3 Å². The van der Waals surface area contributed by atoms with E-state index in [0.717, 1.165) is 45.1 Å². The van der Waals surface area contributed by atoms with E-state index in [1.54, 1.807) is 6.08 Å². The number of aliphatic hydroxyl groups excluding tert-OH is 1. The standard InChI is InChI=1S/C19H29NO4/c1-3-4-9-17(21)13-11-16-12-14-18(22)20(16)15-8-6-5-7-10-19(23)24-2/h11,13,16-17,21H,3,5-8,10,12,14-15H2,1-2H3/t16-,17+/m0/s1. The fraction of sp³-hybridized carbons (Fsp3) is 0.684. The fourth-order valence-corrected chi connectivity index (χ4v) is 2.74. The molecule has 0 radical (unpaired) electrons. The molecule has 0 spiro atoms. The van der Waals surface area contributed by atoms with Gasteiger partial charge in [0.15, 0.2) is 0 Å². The average Bonchev–Trinajstić information content (AvgIpc) is 2.93. The van der Waals surface area contributed by atoms with Crippen molar-refractivity contribution in [1.82, 2.24) is 4.90 Å². The number of hydrogen-bond donors (Lipinski definition) is 1. The third-order valence-corrected chi connectivity index (χ3v) is 4.07. The zero-order valence-electron chi connectivity index (χ0n) is 14.8. The van der Waals surface area contributed by atoms with Crippen LogP contribution in [-0.4, -0.2) is 47.7 Å². The Morgan fingerprint density at radius 1 is 1.42 bits per heavy atom. The Balaban J connectivity index is 2.32. The number of likely N-dealkylation sites (tertiary alicyclic amines) is 1. The van der Waals surface area contributed by atoms with Gasteiger partial charge >= 0.3 is 5.97 Å². The van der Waals surface area contributed by atoms with Crippen LogP contribution >= 0.6 is 0 Å². The van der Waals surface area contributed by atoms with Crippen LogP contribution in [0.25, 0.3) is 0 Å². The van der Waals surface area contributed by atoms with Gasteiger partial charge in [0.25, 0.3) is 0 Å². The predicted octanol–water partition coefficient (Wildman–Crippen LogP) is 2.43. The highest BCUT2D eigenvalue weighted by Gasteiger charge is 2.28. The molecule has 2 atom stereocenters. The lowest BCUT2D eigenvalue weighted by Gasteiger charge is -2.22. The van der Waals surface area contributed by atoms with Gasteiger partial charge in [-0.25, -0.2) is 0 Å². The first-order chi connectivity index (χ1) is 11.6. The molecule has 5 heteroatoms. The van der Waals surface area contributed by atoms with Crippen molar-refractivity contribution < 1.29 is 19.4 Å². The first kappa shape index (κ1) is 20.2. The molecule has 1 amide bonds. The zero-order chi connectivity index (χ0) is 17.8. The highest BCUT2D eigenvalue weighted by Crippen LogP contribution is 2.21. The molecule has 1 N–H and O–H groups in total. The molecule has 1 aliphatic rings. The van der Waals surface area contributed by atoms with Crippen LogP contribution < -0.4 is 0 Å². The molecule has 0 unspecified atom stereocenters. The number of unbranched alkanes of at least 4 members (excludes halogenated alkanes) is 3. The molecule has 0 aromatic rings. The Kier molecular flexibility index (Phi) is 9.86. The summed E-state index contributed by atoms with van der Waals surface area (Å²) in [5.41, 5.74) is 0. The lowest BCUT2D eigenvalue weighted by atomic mass is 10.1. The first-order valence-electron chi connectivity index (χ1n) is 8.79. The van der Waals surface area contributed by atoms with Crippen LogP contribution in [0, 0.1) is 11.8 Å². The van der Waals surface area contributed by atoms with Crippen molar-refractivity contribution in [3.8, 4) is 11.8 Å². The van der Waals surface area contributed by atoms with E-state index in [9.17, 15) is 14.7 Å². The summed E-state index contributed by atoms with van der Waals surface area (Å²) in [4.78, 5) is 24.9. The molecule has 24 heavy (non-hydrogen) atoms. The van der Waals surface area contributed by atoms with Crippen LogP contribution in [0.4, 0.5) is 0 Å². The van der Waals surface area contributed by atoms with Gasteiger partial charge in [0.05, 0.1) is 13.2 Å². The van der Waals surface area contributed by atoms with E-state index in [-0.39, 0.29) is 17.9 Å². The number of esters is 1. The van der Waals surface area contributed by atoms with Gasteiger partial charge in [0.1, 0.15) is 6.10 Å². The molecule has 0 aromatic heterocycles. The molecular weight excluding hydrogens is 306 g/mol. The van der Waals surface area contributed by atoms with Crippen LogP contribution in [0.15, 0.2) is 12.2 Å². The van der Waals surface area contributed by atoms with E-state index >= 15 is 0 Å². The molecule has 134 valence electrons. The molecule has 1 heterocycles. The van der Waals surface area contributed by atoms with E-state index < -0.39 is 6.10 Å². The highest BCUT2D eigenvalue weighted by atomic mass is 16.5. The largest absolute Gasteiger partial charge is 0.469 e. The summed E-state index contributed by atoms with van der Waals surface area (Å²) < 4.78 is 4.61. The zero-order valence-corrected chi connectivity index (χ0v) is 14.8. The molecule has 1 rings (SSSR count). The normalized spacial score (nSPS) is 18.5. The molecule has 5 nitrogen and oxygen atoms in total. The molecule has 0 aromatic carbocycles. The number of methoxy groups -OCH3 is 1. The smallest absolute Gasteiger partial charge is 0.305 e. The van der Waals surface area contributed by atoms with Crippen LogP contribution in [0.3, 0.4) is 0 Å². The van der Waals surface area contributed by atoms with E-state index in [0.29, 0.717) is 12.8 Å². The molecule has 1 fully saturated rings. The molecule has 1 aliphatic heterocycles. The first-order valence-corrected chi connectivity index (χ1v) is 8.79. The van der Waals surface area contributed by atoms with Crippen LogP contribution in [-0.2, 0) is 14.3 Å². The number of aliphatic hydroxyl groups is 1. The van der Waals surface area contributed by atoms with Crippen molar-refractivity contribution in [2.75, 3.05) is 13.7 Å². The maximum absolute atomic E-state index is 12.0. The summed E-state index contributed by atoms with van der Waals surface area (Å²) in [6, 6.07) is 0.0608. The van der Waals surface area contributed by atoms with Gasteiger partial charge in [-0.2, -0.15) is 0 Å². The Hall–Kier alpha value is -1.80. The molecular formula is C19H29NO4. The van der Waals surface area contributed by atoms with Gasteiger partial charge in [0, 0.05) is 25.8 Å². The summed E-state index contributed by atoms with van der Waals surface area (Å²) in [6.45, 7) is 2.66. The lowest BCUT2D eigenvalue weighted by Crippen LogP contribution is -2.32. The van der Waals surface area contributed by atoms with Gasteiger partial charge in [-0.05, 0) is 25.3 Å². The monoisotopic (exact) mass is 335 g/mol. The Bertz CT molecular complexity index is 489. The van der Waals surface area contributed by atoms with E-state index in [2.05, 4.69) is 16.6 Å². The van der Waals surface area contributed by atoms with E-state index in [4.69, 9.17) is 0 Å².